The molecule has 3 rings (SSSR count). The predicted molar refractivity (Wildman–Crippen MR) is 120 cm³/mol. The van der Waals surface area contributed by atoms with Crippen molar-refractivity contribution in [3.05, 3.63) is 77.9 Å². The van der Waals surface area contributed by atoms with E-state index in [9.17, 15) is 18.4 Å². The molecular formula is C23H20F2N2O4S. The van der Waals surface area contributed by atoms with Gasteiger partial charge in [0.25, 0.3) is 17.6 Å². The number of anilines is 2. The molecule has 0 aromatic heterocycles. The first kappa shape index (κ1) is 23.1. The van der Waals surface area contributed by atoms with E-state index in [1.807, 2.05) is 6.07 Å². The summed E-state index contributed by atoms with van der Waals surface area (Å²) in [5.74, 6) is -2.71. The first-order valence-electron chi connectivity index (χ1n) is 9.40. The van der Waals surface area contributed by atoms with E-state index < -0.39 is 11.7 Å². The number of amides is 2. The molecule has 0 unspecified atom stereocenters. The number of halogens is 2. The standard InChI is InChI=1S/C23H20F2N2O4S/c1-30-19-13-18(27-22(29)15-8-10-16(11-9-15)32-23(24)25)20(31-2)12-17(19)26-21(28)14-6-4-3-5-7-14/h3-13,23H,1-2H3,(H,26,28)(H,27,29). The van der Waals surface area contributed by atoms with Crippen molar-refractivity contribution in [2.75, 3.05) is 24.9 Å². The molecule has 0 radical (unpaired) electrons. The number of rotatable bonds is 8. The minimum atomic E-state index is -2.53. The number of thioether (sulfide) groups is 1. The fourth-order valence-electron chi connectivity index (χ4n) is 2.86. The molecule has 0 saturated heterocycles. The number of benzene rings is 3. The van der Waals surface area contributed by atoms with Crippen LogP contribution >= 0.6 is 11.8 Å². The molecule has 6 nitrogen and oxygen atoms in total. The molecule has 0 aliphatic carbocycles. The van der Waals surface area contributed by atoms with Gasteiger partial charge in [0, 0.05) is 28.2 Å². The second kappa shape index (κ2) is 10.6. The van der Waals surface area contributed by atoms with Gasteiger partial charge in [0.1, 0.15) is 11.5 Å². The zero-order valence-electron chi connectivity index (χ0n) is 17.2. The molecule has 0 saturated carbocycles. The molecule has 2 amide bonds. The van der Waals surface area contributed by atoms with Gasteiger partial charge in [-0.05, 0) is 36.4 Å². The summed E-state index contributed by atoms with van der Waals surface area (Å²) < 4.78 is 35.7. The molecule has 3 aromatic rings. The van der Waals surface area contributed by atoms with Crippen LogP contribution in [0.3, 0.4) is 0 Å². The van der Waals surface area contributed by atoms with Crippen LogP contribution in [0, 0.1) is 0 Å². The van der Waals surface area contributed by atoms with Gasteiger partial charge in [0.2, 0.25) is 0 Å². The van der Waals surface area contributed by atoms with Gasteiger partial charge in [-0.3, -0.25) is 9.59 Å². The summed E-state index contributed by atoms with van der Waals surface area (Å²) in [6.07, 6.45) is 0. The van der Waals surface area contributed by atoms with Crippen LogP contribution in [0.5, 0.6) is 11.5 Å². The monoisotopic (exact) mass is 458 g/mol. The largest absolute Gasteiger partial charge is 0.494 e. The molecule has 2 N–H and O–H groups in total. The van der Waals surface area contributed by atoms with Crippen LogP contribution in [0.4, 0.5) is 20.2 Å². The second-order valence-electron chi connectivity index (χ2n) is 6.43. The average Bonchev–Trinajstić information content (AvgIpc) is 2.80. The van der Waals surface area contributed by atoms with Gasteiger partial charge >= 0.3 is 0 Å². The Balaban J connectivity index is 1.81. The minimum absolute atomic E-state index is 0.283. The van der Waals surface area contributed by atoms with Crippen molar-refractivity contribution in [1.82, 2.24) is 0 Å². The lowest BCUT2D eigenvalue weighted by atomic mass is 10.1. The summed E-state index contributed by atoms with van der Waals surface area (Å²) >= 11 is 0.403. The highest BCUT2D eigenvalue weighted by Gasteiger charge is 2.17. The van der Waals surface area contributed by atoms with E-state index in [0.717, 1.165) is 0 Å². The number of carbonyl (C=O) groups excluding carboxylic acids is 2. The predicted octanol–water partition coefficient (Wildman–Crippen LogP) is 5.52. The number of carbonyl (C=O) groups is 2. The van der Waals surface area contributed by atoms with Gasteiger partial charge in [-0.1, -0.05) is 30.0 Å². The van der Waals surface area contributed by atoms with E-state index in [-0.39, 0.29) is 11.5 Å². The van der Waals surface area contributed by atoms with Gasteiger partial charge in [-0.2, -0.15) is 8.78 Å². The summed E-state index contributed by atoms with van der Waals surface area (Å²) in [5.41, 5.74) is 1.44. The highest BCUT2D eigenvalue weighted by atomic mass is 32.2. The number of ether oxygens (including phenoxy) is 2. The Hall–Kier alpha value is -3.59. The van der Waals surface area contributed by atoms with Gasteiger partial charge in [0.05, 0.1) is 25.6 Å². The van der Waals surface area contributed by atoms with Crippen molar-refractivity contribution in [3.63, 3.8) is 0 Å². The lowest BCUT2D eigenvalue weighted by Gasteiger charge is -2.16. The van der Waals surface area contributed by atoms with Crippen LogP contribution in [0.15, 0.2) is 71.6 Å². The molecule has 0 fully saturated rings. The maximum Gasteiger partial charge on any atom is 0.288 e. The van der Waals surface area contributed by atoms with Crippen LogP contribution < -0.4 is 20.1 Å². The Morgan fingerprint density at radius 2 is 1.25 bits per heavy atom. The number of alkyl halides is 2. The zero-order chi connectivity index (χ0) is 23.1. The van der Waals surface area contributed by atoms with E-state index in [1.54, 1.807) is 24.3 Å². The first-order chi connectivity index (χ1) is 15.4. The summed E-state index contributed by atoms with van der Waals surface area (Å²) in [7, 11) is 2.86. The molecule has 9 heteroatoms. The maximum atomic E-state index is 12.6. The second-order valence-corrected chi connectivity index (χ2v) is 7.49. The molecule has 166 valence electrons. The van der Waals surface area contributed by atoms with Crippen LogP contribution in [0.2, 0.25) is 0 Å². The third kappa shape index (κ3) is 5.76. The van der Waals surface area contributed by atoms with Gasteiger partial charge in [0.15, 0.2) is 0 Å². The van der Waals surface area contributed by atoms with Gasteiger partial charge in [-0.15, -0.1) is 0 Å². The van der Waals surface area contributed by atoms with Crippen LogP contribution in [-0.2, 0) is 0 Å². The summed E-state index contributed by atoms with van der Waals surface area (Å²) in [4.78, 5) is 25.5. The molecule has 0 atom stereocenters. The van der Waals surface area contributed by atoms with Crippen molar-refractivity contribution < 1.29 is 27.8 Å². The zero-order valence-corrected chi connectivity index (χ0v) is 18.0. The van der Waals surface area contributed by atoms with E-state index in [0.29, 0.717) is 45.1 Å². The molecule has 0 spiro atoms. The van der Waals surface area contributed by atoms with E-state index in [1.165, 1.54) is 50.6 Å². The molecule has 0 heterocycles. The van der Waals surface area contributed by atoms with Crippen molar-refractivity contribution >= 4 is 35.0 Å². The van der Waals surface area contributed by atoms with Gasteiger partial charge in [-0.25, -0.2) is 0 Å². The topological polar surface area (TPSA) is 76.7 Å². The summed E-state index contributed by atoms with van der Waals surface area (Å²) in [6.45, 7) is 0. The maximum absolute atomic E-state index is 12.6. The molecule has 0 aliphatic heterocycles. The Kier molecular flexibility index (Phi) is 7.67. The lowest BCUT2D eigenvalue weighted by molar-refractivity contribution is 0.101. The van der Waals surface area contributed by atoms with Crippen molar-refractivity contribution in [2.24, 2.45) is 0 Å². The van der Waals surface area contributed by atoms with Crippen molar-refractivity contribution in [1.29, 1.82) is 0 Å². The van der Waals surface area contributed by atoms with E-state index in [4.69, 9.17) is 9.47 Å². The Morgan fingerprint density at radius 1 is 0.781 bits per heavy atom. The number of hydrogen-bond acceptors (Lipinski definition) is 5. The van der Waals surface area contributed by atoms with Crippen molar-refractivity contribution in [3.8, 4) is 11.5 Å². The van der Waals surface area contributed by atoms with Gasteiger partial charge < -0.3 is 20.1 Å². The highest BCUT2D eigenvalue weighted by molar-refractivity contribution is 7.99. The SMILES string of the molecule is COc1cc(NC(=O)c2ccc(SC(F)F)cc2)c(OC)cc1NC(=O)c1ccccc1. The van der Waals surface area contributed by atoms with E-state index in [2.05, 4.69) is 10.6 Å². The number of methoxy groups -OCH3 is 2. The normalized spacial score (nSPS) is 10.5. The third-order valence-electron chi connectivity index (χ3n) is 4.40. The number of hydrogen-bond donors (Lipinski definition) is 2. The van der Waals surface area contributed by atoms with Crippen LogP contribution in [0.1, 0.15) is 20.7 Å². The fourth-order valence-corrected chi connectivity index (χ4v) is 3.36. The average molecular weight is 458 g/mol. The third-order valence-corrected chi connectivity index (χ3v) is 5.12. The molecule has 3 aromatic carbocycles. The van der Waals surface area contributed by atoms with E-state index >= 15 is 0 Å². The van der Waals surface area contributed by atoms with Crippen LogP contribution in [0.25, 0.3) is 0 Å². The molecule has 0 aliphatic rings. The van der Waals surface area contributed by atoms with Crippen molar-refractivity contribution in [2.45, 2.75) is 10.7 Å². The minimum Gasteiger partial charge on any atom is -0.494 e. The Bertz CT molecular complexity index is 1090. The molecular weight excluding hydrogens is 438 g/mol. The molecule has 32 heavy (non-hydrogen) atoms. The lowest BCUT2D eigenvalue weighted by Crippen LogP contribution is -2.15. The Morgan fingerprint density at radius 3 is 1.69 bits per heavy atom. The van der Waals surface area contributed by atoms with Crippen LogP contribution in [-0.4, -0.2) is 31.8 Å². The number of nitrogens with one attached hydrogen (secondary N) is 2. The Labute approximate surface area is 187 Å². The quantitative estimate of drug-likeness (QED) is 0.435. The highest BCUT2D eigenvalue weighted by Crippen LogP contribution is 2.37. The molecule has 0 bridgehead atoms. The smallest absolute Gasteiger partial charge is 0.288 e. The fraction of sp³-hybridized carbons (Fsp3) is 0.130. The summed E-state index contributed by atoms with van der Waals surface area (Å²) in [5, 5.41) is 5.48. The first-order valence-corrected chi connectivity index (χ1v) is 10.3. The summed E-state index contributed by atoms with van der Waals surface area (Å²) in [6, 6.07) is 17.6.